The Morgan fingerprint density at radius 1 is 1.50 bits per heavy atom. The monoisotopic (exact) mass is 345 g/mol. The molecule has 0 aliphatic carbocycles. The number of carbonyl (C=O) groups is 1. The Hall–Kier alpha value is -2.49. The summed E-state index contributed by atoms with van der Waals surface area (Å²) < 4.78 is 0.538. The number of halogens is 1. The van der Waals surface area contributed by atoms with Gasteiger partial charge < -0.3 is 16.6 Å². The van der Waals surface area contributed by atoms with E-state index in [1.807, 2.05) is 0 Å². The van der Waals surface area contributed by atoms with Gasteiger partial charge in [0.05, 0.1) is 16.7 Å². The molecule has 0 radical (unpaired) electrons. The number of rotatable bonds is 3. The Balaban J connectivity index is 0.000000796. The van der Waals surface area contributed by atoms with Crippen LogP contribution in [0, 0.1) is 10.1 Å². The van der Waals surface area contributed by atoms with Crippen molar-refractivity contribution in [1.29, 1.82) is 0 Å². The molecule has 1 aromatic carbocycles. The SMILES string of the molecule is CC(=O)O.NC(N)=NN=Cc1c(Br)cccc1[N+](=O)[O-]. The van der Waals surface area contributed by atoms with Gasteiger partial charge in [-0.2, -0.15) is 5.10 Å². The van der Waals surface area contributed by atoms with Crippen LogP contribution in [0.3, 0.4) is 0 Å². The van der Waals surface area contributed by atoms with E-state index in [1.54, 1.807) is 12.1 Å². The van der Waals surface area contributed by atoms with Crippen molar-refractivity contribution in [1.82, 2.24) is 0 Å². The first-order chi connectivity index (χ1) is 9.25. The number of carboxylic acid groups (broad SMARTS) is 1. The molecule has 0 fully saturated rings. The average Bonchev–Trinajstić information content (AvgIpc) is 2.29. The molecule has 0 spiro atoms. The predicted octanol–water partition coefficient (Wildman–Crippen LogP) is 1.06. The highest BCUT2D eigenvalue weighted by atomic mass is 79.9. The molecule has 1 aromatic rings. The van der Waals surface area contributed by atoms with Gasteiger partial charge >= 0.3 is 0 Å². The maximum absolute atomic E-state index is 10.7. The van der Waals surface area contributed by atoms with Crippen LogP contribution in [0.2, 0.25) is 0 Å². The van der Waals surface area contributed by atoms with Crippen molar-refractivity contribution in [2.24, 2.45) is 21.7 Å². The number of benzene rings is 1. The van der Waals surface area contributed by atoms with Crippen LogP contribution in [0.25, 0.3) is 0 Å². The van der Waals surface area contributed by atoms with E-state index < -0.39 is 10.9 Å². The fourth-order valence-corrected chi connectivity index (χ4v) is 1.42. The third-order valence-corrected chi connectivity index (χ3v) is 2.28. The van der Waals surface area contributed by atoms with Crippen LogP contribution < -0.4 is 11.5 Å². The molecule has 5 N–H and O–H groups in total. The van der Waals surface area contributed by atoms with E-state index in [2.05, 4.69) is 26.1 Å². The number of aliphatic carboxylic acids is 1. The molecule has 0 saturated carbocycles. The zero-order chi connectivity index (χ0) is 15.7. The van der Waals surface area contributed by atoms with Gasteiger partial charge in [0.1, 0.15) is 0 Å². The maximum Gasteiger partial charge on any atom is 0.300 e. The maximum atomic E-state index is 10.7. The normalized spacial score (nSPS) is 9.50. The van der Waals surface area contributed by atoms with Crippen molar-refractivity contribution in [2.45, 2.75) is 6.92 Å². The van der Waals surface area contributed by atoms with Crippen molar-refractivity contribution in [3.8, 4) is 0 Å². The molecule has 0 aliphatic rings. The van der Waals surface area contributed by atoms with Crippen molar-refractivity contribution in [2.75, 3.05) is 0 Å². The smallest absolute Gasteiger partial charge is 0.300 e. The van der Waals surface area contributed by atoms with Gasteiger partial charge in [-0.25, -0.2) is 0 Å². The van der Waals surface area contributed by atoms with Crippen molar-refractivity contribution >= 4 is 39.8 Å². The molecular weight excluding hydrogens is 334 g/mol. The lowest BCUT2D eigenvalue weighted by atomic mass is 10.2. The Morgan fingerprint density at radius 2 is 2.05 bits per heavy atom. The van der Waals surface area contributed by atoms with E-state index in [-0.39, 0.29) is 11.6 Å². The Labute approximate surface area is 122 Å². The lowest BCUT2D eigenvalue weighted by Gasteiger charge is -1.98. The van der Waals surface area contributed by atoms with Gasteiger partial charge in [0.2, 0.25) is 5.96 Å². The molecule has 0 aliphatic heterocycles. The molecule has 108 valence electrons. The Kier molecular flexibility index (Phi) is 7.52. The summed E-state index contributed by atoms with van der Waals surface area (Å²) in [5.74, 6) is -1.05. The fourth-order valence-electron chi connectivity index (χ4n) is 0.966. The first-order valence-corrected chi connectivity index (χ1v) is 5.79. The molecule has 9 nitrogen and oxygen atoms in total. The lowest BCUT2D eigenvalue weighted by Crippen LogP contribution is -2.21. The summed E-state index contributed by atoms with van der Waals surface area (Å²) in [6, 6.07) is 4.58. The number of nitro groups is 1. The van der Waals surface area contributed by atoms with Gasteiger partial charge in [-0.1, -0.05) is 6.07 Å². The molecule has 20 heavy (non-hydrogen) atoms. The minimum absolute atomic E-state index is 0.0797. The van der Waals surface area contributed by atoms with Gasteiger partial charge in [-0.05, 0) is 22.0 Å². The molecule has 0 atom stereocenters. The molecule has 0 unspecified atom stereocenters. The standard InChI is InChI=1S/C8H8BrN5O2.C2H4O2/c9-6-2-1-3-7(14(15)16)5(6)4-12-13-8(10)11;1-2(3)4/h1-4H,(H4,10,11,13);1H3,(H,3,4). The minimum Gasteiger partial charge on any atom is -0.481 e. The minimum atomic E-state index is -0.833. The molecule has 1 rings (SSSR count). The van der Waals surface area contributed by atoms with Crippen LogP contribution in [0.1, 0.15) is 12.5 Å². The largest absolute Gasteiger partial charge is 0.481 e. The highest BCUT2D eigenvalue weighted by molar-refractivity contribution is 9.10. The second-order valence-corrected chi connectivity index (χ2v) is 4.07. The van der Waals surface area contributed by atoms with E-state index >= 15 is 0 Å². The second-order valence-electron chi connectivity index (χ2n) is 3.22. The van der Waals surface area contributed by atoms with E-state index in [1.165, 1.54) is 12.3 Å². The summed E-state index contributed by atoms with van der Waals surface area (Å²) in [5.41, 5.74) is 10.3. The summed E-state index contributed by atoms with van der Waals surface area (Å²) >= 11 is 3.18. The first-order valence-electron chi connectivity index (χ1n) is 5.00. The van der Waals surface area contributed by atoms with Gasteiger partial charge in [-0.15, -0.1) is 5.10 Å². The Bertz CT molecular complexity index is 551. The fraction of sp³-hybridized carbons (Fsp3) is 0.100. The van der Waals surface area contributed by atoms with Gasteiger partial charge in [0.25, 0.3) is 11.7 Å². The number of hydrogen-bond donors (Lipinski definition) is 3. The van der Waals surface area contributed by atoms with E-state index in [0.29, 0.717) is 10.0 Å². The summed E-state index contributed by atoms with van der Waals surface area (Å²) in [4.78, 5) is 19.2. The van der Waals surface area contributed by atoms with Gasteiger partial charge in [0.15, 0.2) is 0 Å². The number of nitro benzene ring substituents is 1. The highest BCUT2D eigenvalue weighted by Gasteiger charge is 2.14. The topological polar surface area (TPSA) is 157 Å². The first kappa shape index (κ1) is 17.5. The average molecular weight is 346 g/mol. The highest BCUT2D eigenvalue weighted by Crippen LogP contribution is 2.24. The van der Waals surface area contributed by atoms with E-state index in [0.717, 1.165) is 6.92 Å². The molecule has 0 aromatic heterocycles. The third-order valence-electron chi connectivity index (χ3n) is 1.59. The predicted molar refractivity (Wildman–Crippen MR) is 77.5 cm³/mol. The zero-order valence-corrected chi connectivity index (χ0v) is 11.9. The zero-order valence-electron chi connectivity index (χ0n) is 10.4. The van der Waals surface area contributed by atoms with Crippen LogP contribution in [0.15, 0.2) is 32.9 Å². The molecular formula is C10H12BrN5O4. The van der Waals surface area contributed by atoms with Gasteiger partial charge in [-0.3, -0.25) is 14.9 Å². The van der Waals surface area contributed by atoms with Crippen LogP contribution in [-0.4, -0.2) is 28.2 Å². The van der Waals surface area contributed by atoms with E-state index in [4.69, 9.17) is 21.4 Å². The van der Waals surface area contributed by atoms with Crippen LogP contribution in [0.5, 0.6) is 0 Å². The van der Waals surface area contributed by atoms with Gasteiger partial charge in [0, 0.05) is 17.5 Å². The summed E-state index contributed by atoms with van der Waals surface area (Å²) in [6.45, 7) is 1.08. The quantitative estimate of drug-likeness (QED) is 0.321. The van der Waals surface area contributed by atoms with Crippen LogP contribution in [0.4, 0.5) is 5.69 Å². The number of guanidine groups is 1. The summed E-state index contributed by atoms with van der Waals surface area (Å²) in [5, 5.41) is 25.0. The number of nitrogens with zero attached hydrogens (tertiary/aromatic N) is 3. The molecule has 0 amide bonds. The van der Waals surface area contributed by atoms with Crippen molar-refractivity contribution in [3.05, 3.63) is 38.3 Å². The molecule has 0 saturated heterocycles. The molecule has 0 bridgehead atoms. The summed E-state index contributed by atoms with van der Waals surface area (Å²) in [6.07, 6.45) is 1.21. The second kappa shape index (κ2) is 8.58. The molecule has 0 heterocycles. The lowest BCUT2D eigenvalue weighted by molar-refractivity contribution is -0.385. The van der Waals surface area contributed by atoms with Crippen LogP contribution >= 0.6 is 15.9 Å². The summed E-state index contributed by atoms with van der Waals surface area (Å²) in [7, 11) is 0. The van der Waals surface area contributed by atoms with Crippen molar-refractivity contribution < 1.29 is 14.8 Å². The number of nitrogens with two attached hydrogens (primary N) is 2. The van der Waals surface area contributed by atoms with E-state index in [9.17, 15) is 10.1 Å². The van der Waals surface area contributed by atoms with Crippen LogP contribution in [-0.2, 0) is 4.79 Å². The number of carboxylic acids is 1. The Morgan fingerprint density at radius 3 is 2.50 bits per heavy atom. The molecule has 10 heteroatoms. The van der Waals surface area contributed by atoms with Crippen molar-refractivity contribution in [3.63, 3.8) is 0 Å². The number of hydrogen-bond acceptors (Lipinski definition) is 5. The third kappa shape index (κ3) is 7.06.